The molecule has 0 rings (SSSR count). The Labute approximate surface area is 87.8 Å². The number of likely N-dealkylation sites (N-methyl/N-ethyl adjacent to an activating group) is 1. The van der Waals surface area contributed by atoms with Gasteiger partial charge < -0.3 is 15.2 Å². The van der Waals surface area contributed by atoms with Gasteiger partial charge in [0.15, 0.2) is 0 Å². The summed E-state index contributed by atoms with van der Waals surface area (Å²) in [4.78, 5) is 0. The van der Waals surface area contributed by atoms with Gasteiger partial charge in [-0.25, -0.2) is 0 Å². The highest BCUT2D eigenvalue weighted by molar-refractivity contribution is 4.79. The van der Waals surface area contributed by atoms with Crippen LogP contribution in [0.2, 0.25) is 0 Å². The van der Waals surface area contributed by atoms with Gasteiger partial charge in [-0.15, -0.1) is 0 Å². The number of aliphatic hydroxyl groups is 1. The third-order valence-corrected chi connectivity index (χ3v) is 2.42. The van der Waals surface area contributed by atoms with Crippen molar-refractivity contribution in [3.05, 3.63) is 0 Å². The summed E-state index contributed by atoms with van der Waals surface area (Å²) in [6.45, 7) is 8.10. The third kappa shape index (κ3) is 6.35. The maximum absolute atomic E-state index is 9.13. The normalized spacial score (nSPS) is 15.9. The Kier molecular flexibility index (Phi) is 7.15. The average Bonchev–Trinajstić information content (AvgIpc) is 2.16. The molecule has 0 aromatic rings. The standard InChI is InChI=1S/C11H25NO2/c1-10(2)8-14-7-5-6-11(3,9-13)12-4/h10,12-13H,5-9H2,1-4H3. The lowest BCUT2D eigenvalue weighted by Crippen LogP contribution is -2.43. The minimum atomic E-state index is -0.152. The first-order valence-corrected chi connectivity index (χ1v) is 5.41. The van der Waals surface area contributed by atoms with Crippen molar-refractivity contribution in [1.82, 2.24) is 5.32 Å². The van der Waals surface area contributed by atoms with E-state index in [1.807, 2.05) is 14.0 Å². The third-order valence-electron chi connectivity index (χ3n) is 2.42. The minimum absolute atomic E-state index is 0.152. The maximum Gasteiger partial charge on any atom is 0.0610 e. The van der Waals surface area contributed by atoms with E-state index in [0.29, 0.717) is 5.92 Å². The van der Waals surface area contributed by atoms with Crippen LogP contribution >= 0.6 is 0 Å². The molecular formula is C11H25NO2. The predicted octanol–water partition coefficient (Wildman–Crippen LogP) is 1.41. The number of hydrogen-bond donors (Lipinski definition) is 2. The van der Waals surface area contributed by atoms with E-state index in [2.05, 4.69) is 19.2 Å². The second kappa shape index (κ2) is 7.21. The van der Waals surface area contributed by atoms with Crippen molar-refractivity contribution in [2.45, 2.75) is 39.2 Å². The van der Waals surface area contributed by atoms with Crippen molar-refractivity contribution in [3.8, 4) is 0 Å². The monoisotopic (exact) mass is 203 g/mol. The number of nitrogens with one attached hydrogen (secondary N) is 1. The van der Waals surface area contributed by atoms with E-state index >= 15 is 0 Å². The second-order valence-corrected chi connectivity index (χ2v) is 4.54. The Morgan fingerprint density at radius 3 is 2.50 bits per heavy atom. The molecule has 0 spiro atoms. The minimum Gasteiger partial charge on any atom is -0.394 e. The zero-order chi connectivity index (χ0) is 11.0. The van der Waals surface area contributed by atoms with E-state index in [9.17, 15) is 0 Å². The average molecular weight is 203 g/mol. The zero-order valence-corrected chi connectivity index (χ0v) is 9.97. The molecule has 0 aliphatic heterocycles. The van der Waals surface area contributed by atoms with Gasteiger partial charge in [-0.1, -0.05) is 13.8 Å². The van der Waals surface area contributed by atoms with Gasteiger partial charge in [0.25, 0.3) is 0 Å². The molecule has 0 aromatic heterocycles. The lowest BCUT2D eigenvalue weighted by molar-refractivity contribution is 0.0942. The predicted molar refractivity (Wildman–Crippen MR) is 59.4 cm³/mol. The fourth-order valence-electron chi connectivity index (χ4n) is 1.17. The van der Waals surface area contributed by atoms with Gasteiger partial charge >= 0.3 is 0 Å². The number of ether oxygens (including phenoxy) is 1. The molecule has 2 N–H and O–H groups in total. The van der Waals surface area contributed by atoms with E-state index in [0.717, 1.165) is 26.1 Å². The second-order valence-electron chi connectivity index (χ2n) is 4.54. The molecule has 0 aliphatic rings. The molecule has 86 valence electrons. The van der Waals surface area contributed by atoms with E-state index < -0.39 is 0 Å². The molecule has 1 unspecified atom stereocenters. The summed E-state index contributed by atoms with van der Waals surface area (Å²) in [6, 6.07) is 0. The summed E-state index contributed by atoms with van der Waals surface area (Å²) in [5.41, 5.74) is -0.152. The number of rotatable bonds is 8. The van der Waals surface area contributed by atoms with Crippen molar-refractivity contribution in [2.75, 3.05) is 26.9 Å². The fourth-order valence-corrected chi connectivity index (χ4v) is 1.17. The van der Waals surface area contributed by atoms with Crippen LogP contribution in [0.25, 0.3) is 0 Å². The molecule has 14 heavy (non-hydrogen) atoms. The highest BCUT2D eigenvalue weighted by Gasteiger charge is 2.19. The van der Waals surface area contributed by atoms with Crippen LogP contribution in [0, 0.1) is 5.92 Å². The summed E-state index contributed by atoms with van der Waals surface area (Å²) in [5.74, 6) is 0.600. The van der Waals surface area contributed by atoms with Gasteiger partial charge in [-0.2, -0.15) is 0 Å². The van der Waals surface area contributed by atoms with Gasteiger partial charge in [-0.3, -0.25) is 0 Å². The summed E-state index contributed by atoms with van der Waals surface area (Å²) in [6.07, 6.45) is 1.93. The number of hydrogen-bond acceptors (Lipinski definition) is 3. The van der Waals surface area contributed by atoms with Crippen molar-refractivity contribution in [1.29, 1.82) is 0 Å². The van der Waals surface area contributed by atoms with E-state index in [1.165, 1.54) is 0 Å². The topological polar surface area (TPSA) is 41.5 Å². The Hall–Kier alpha value is -0.120. The molecule has 0 heterocycles. The first kappa shape index (κ1) is 13.9. The Balaban J connectivity index is 3.43. The smallest absolute Gasteiger partial charge is 0.0610 e. The summed E-state index contributed by atoms with van der Waals surface area (Å²) >= 11 is 0. The Bertz CT molecular complexity index is 133. The van der Waals surface area contributed by atoms with Crippen LogP contribution in [0.3, 0.4) is 0 Å². The molecular weight excluding hydrogens is 178 g/mol. The largest absolute Gasteiger partial charge is 0.394 e. The molecule has 0 aromatic carbocycles. The van der Waals surface area contributed by atoms with Crippen LogP contribution in [0.1, 0.15) is 33.6 Å². The van der Waals surface area contributed by atoms with E-state index in [-0.39, 0.29) is 12.1 Å². The van der Waals surface area contributed by atoms with Gasteiger partial charge in [0.05, 0.1) is 6.61 Å². The van der Waals surface area contributed by atoms with Crippen LogP contribution in [0.5, 0.6) is 0 Å². The molecule has 1 atom stereocenters. The summed E-state index contributed by atoms with van der Waals surface area (Å²) in [7, 11) is 1.88. The lowest BCUT2D eigenvalue weighted by Gasteiger charge is -2.26. The van der Waals surface area contributed by atoms with Crippen LogP contribution in [0.4, 0.5) is 0 Å². The van der Waals surface area contributed by atoms with Crippen molar-refractivity contribution in [3.63, 3.8) is 0 Å². The van der Waals surface area contributed by atoms with Gasteiger partial charge in [0.2, 0.25) is 0 Å². The molecule has 0 fully saturated rings. The van der Waals surface area contributed by atoms with Crippen molar-refractivity contribution in [2.24, 2.45) is 5.92 Å². The fraction of sp³-hybridized carbons (Fsp3) is 1.00. The highest BCUT2D eigenvalue weighted by Crippen LogP contribution is 2.10. The zero-order valence-electron chi connectivity index (χ0n) is 9.97. The lowest BCUT2D eigenvalue weighted by atomic mass is 9.97. The number of aliphatic hydroxyl groups excluding tert-OH is 1. The van der Waals surface area contributed by atoms with Crippen LogP contribution < -0.4 is 5.32 Å². The summed E-state index contributed by atoms with van der Waals surface area (Å²) in [5, 5.41) is 12.2. The van der Waals surface area contributed by atoms with Crippen LogP contribution in [-0.4, -0.2) is 37.5 Å². The summed E-state index contributed by atoms with van der Waals surface area (Å²) < 4.78 is 5.47. The molecule has 3 heteroatoms. The molecule has 0 amide bonds. The van der Waals surface area contributed by atoms with Crippen molar-refractivity contribution < 1.29 is 9.84 Å². The molecule has 3 nitrogen and oxygen atoms in total. The Morgan fingerprint density at radius 2 is 2.07 bits per heavy atom. The first-order valence-electron chi connectivity index (χ1n) is 5.41. The van der Waals surface area contributed by atoms with Gasteiger partial charge in [-0.05, 0) is 32.7 Å². The molecule has 0 bridgehead atoms. The SMILES string of the molecule is CNC(C)(CO)CCCOCC(C)C. The maximum atomic E-state index is 9.13. The van der Waals surface area contributed by atoms with Crippen LogP contribution in [0.15, 0.2) is 0 Å². The molecule has 0 aliphatic carbocycles. The quantitative estimate of drug-likeness (QED) is 0.586. The molecule has 0 radical (unpaired) electrons. The first-order chi connectivity index (χ1) is 6.54. The van der Waals surface area contributed by atoms with Crippen molar-refractivity contribution >= 4 is 0 Å². The molecule has 0 saturated heterocycles. The van der Waals surface area contributed by atoms with Crippen LogP contribution in [-0.2, 0) is 4.74 Å². The van der Waals surface area contributed by atoms with E-state index in [4.69, 9.17) is 9.84 Å². The highest BCUT2D eigenvalue weighted by atomic mass is 16.5. The van der Waals surface area contributed by atoms with Gasteiger partial charge in [0, 0.05) is 18.8 Å². The van der Waals surface area contributed by atoms with Gasteiger partial charge in [0.1, 0.15) is 0 Å². The molecule has 0 saturated carbocycles. The van der Waals surface area contributed by atoms with E-state index in [1.54, 1.807) is 0 Å². The Morgan fingerprint density at radius 1 is 1.43 bits per heavy atom.